The third kappa shape index (κ3) is 4.60. The van der Waals surface area contributed by atoms with E-state index in [4.69, 9.17) is 4.74 Å². The average molecular weight is 440 g/mol. The molecule has 3 aliphatic rings. The number of carbonyl (C=O) groups is 1. The second kappa shape index (κ2) is 8.70. The third-order valence-electron chi connectivity index (χ3n) is 7.45. The van der Waals surface area contributed by atoms with Crippen LogP contribution in [0.1, 0.15) is 62.8 Å². The Hall–Kier alpha value is -1.67. The summed E-state index contributed by atoms with van der Waals surface area (Å²) in [5, 5.41) is 3.74. The summed E-state index contributed by atoms with van der Waals surface area (Å²) in [6, 6.07) is 1.85. The van der Waals surface area contributed by atoms with E-state index in [9.17, 15) is 18.0 Å². The monoisotopic (exact) mass is 439 g/mol. The normalized spacial score (nSPS) is 27.5. The number of fused-ring (bicyclic) bond motifs is 1. The van der Waals surface area contributed by atoms with Crippen LogP contribution in [0.25, 0.3) is 0 Å². The molecule has 4 rings (SSSR count). The molecule has 2 atom stereocenters. The lowest BCUT2D eigenvalue weighted by molar-refractivity contribution is -0.146. The smallest absolute Gasteiger partial charge is 0.381 e. The Labute approximate surface area is 181 Å². The van der Waals surface area contributed by atoms with Crippen LogP contribution in [0.4, 0.5) is 13.2 Å². The maximum absolute atomic E-state index is 13.7. The Morgan fingerprint density at radius 1 is 1.23 bits per heavy atom. The van der Waals surface area contributed by atoms with Crippen molar-refractivity contribution in [2.24, 2.45) is 11.3 Å². The van der Waals surface area contributed by atoms with Crippen molar-refractivity contribution in [2.45, 2.75) is 77.2 Å². The van der Waals surface area contributed by atoms with E-state index in [1.54, 1.807) is 4.90 Å². The van der Waals surface area contributed by atoms with Gasteiger partial charge in [0.1, 0.15) is 5.69 Å². The number of hydrogen-bond acceptors (Lipinski definition) is 4. The van der Waals surface area contributed by atoms with Crippen molar-refractivity contribution in [1.82, 2.24) is 15.2 Å². The number of rotatable bonds is 4. The predicted molar refractivity (Wildman–Crippen MR) is 110 cm³/mol. The Bertz CT molecular complexity index is 808. The molecule has 0 bridgehead atoms. The first-order valence-corrected chi connectivity index (χ1v) is 11.4. The fraction of sp³-hybridized carbons (Fsp3) is 0.739. The average Bonchev–Trinajstić information content (AvgIpc) is 3.17. The zero-order valence-corrected chi connectivity index (χ0v) is 18.3. The molecule has 5 nitrogen and oxygen atoms in total. The number of carbonyl (C=O) groups excluding carboxylic acids is 1. The van der Waals surface area contributed by atoms with Crippen LogP contribution in [0.2, 0.25) is 0 Å². The van der Waals surface area contributed by atoms with E-state index in [0.29, 0.717) is 30.6 Å². The van der Waals surface area contributed by atoms with E-state index in [-0.39, 0.29) is 18.4 Å². The van der Waals surface area contributed by atoms with Gasteiger partial charge >= 0.3 is 6.18 Å². The van der Waals surface area contributed by atoms with Crippen LogP contribution in [0, 0.1) is 11.3 Å². The van der Waals surface area contributed by atoms with Gasteiger partial charge in [0.05, 0.1) is 5.41 Å². The van der Waals surface area contributed by atoms with Gasteiger partial charge in [0.25, 0.3) is 0 Å². The zero-order valence-electron chi connectivity index (χ0n) is 18.3. The lowest BCUT2D eigenvalue weighted by atomic mass is 9.74. The summed E-state index contributed by atoms with van der Waals surface area (Å²) in [5.74, 6) is 0.265. The van der Waals surface area contributed by atoms with Gasteiger partial charge < -0.3 is 15.0 Å². The zero-order chi connectivity index (χ0) is 22.2. The number of nitrogens with one attached hydrogen (secondary N) is 1. The van der Waals surface area contributed by atoms with Crippen LogP contribution >= 0.6 is 0 Å². The lowest BCUT2D eigenvalue weighted by Crippen LogP contribution is -2.49. The minimum absolute atomic E-state index is 0.0924. The second-order valence-corrected chi connectivity index (χ2v) is 9.62. The molecule has 0 aromatic carbocycles. The van der Waals surface area contributed by atoms with Crippen molar-refractivity contribution < 1.29 is 22.7 Å². The van der Waals surface area contributed by atoms with Gasteiger partial charge in [-0.3, -0.25) is 9.78 Å². The molecule has 0 spiro atoms. The molecule has 1 amide bonds. The summed E-state index contributed by atoms with van der Waals surface area (Å²) < 4.78 is 44.8. The SMILES string of the molecule is CC(C)[C@]1(C(=O)N2CCc3cnc(C(F)(F)F)cc3C2)CCC(NC2CCOCC2)C1. The summed E-state index contributed by atoms with van der Waals surface area (Å²) >= 11 is 0. The van der Waals surface area contributed by atoms with Crippen LogP contribution < -0.4 is 5.32 Å². The summed E-state index contributed by atoms with van der Waals surface area (Å²) in [4.78, 5) is 19.1. The van der Waals surface area contributed by atoms with Gasteiger partial charge in [-0.2, -0.15) is 13.2 Å². The number of aromatic nitrogens is 1. The fourth-order valence-corrected chi connectivity index (χ4v) is 5.46. The standard InChI is InChI=1S/C23H32F3N3O2/c1-15(2)22(7-3-19(12-22)28-18-5-9-31-10-6-18)21(30)29-8-4-16-13-27-20(23(24,25)26)11-17(16)14-29/h11,13,15,18-19,28H,3-10,12,14H2,1-2H3/t19?,22-/m0/s1. The van der Waals surface area contributed by atoms with Gasteiger partial charge in [0.2, 0.25) is 5.91 Å². The van der Waals surface area contributed by atoms with Crippen molar-refractivity contribution in [1.29, 1.82) is 0 Å². The number of hydrogen-bond donors (Lipinski definition) is 1. The molecule has 1 aromatic heterocycles. The molecular formula is C23H32F3N3O2. The molecule has 172 valence electrons. The molecule has 1 aromatic rings. The molecule has 1 N–H and O–H groups in total. The van der Waals surface area contributed by atoms with Crippen molar-refractivity contribution in [2.75, 3.05) is 19.8 Å². The maximum Gasteiger partial charge on any atom is 0.433 e. The summed E-state index contributed by atoms with van der Waals surface area (Å²) in [6.07, 6.45) is 1.94. The van der Waals surface area contributed by atoms with E-state index >= 15 is 0 Å². The number of nitrogens with zero attached hydrogens (tertiary/aromatic N) is 2. The minimum atomic E-state index is -4.48. The van der Waals surface area contributed by atoms with Crippen molar-refractivity contribution in [3.05, 3.63) is 29.1 Å². The lowest BCUT2D eigenvalue weighted by Gasteiger charge is -2.40. The van der Waals surface area contributed by atoms with Crippen LogP contribution in [-0.4, -0.2) is 47.6 Å². The first-order valence-electron chi connectivity index (χ1n) is 11.4. The Kier molecular flexibility index (Phi) is 6.32. The molecule has 3 heterocycles. The molecular weight excluding hydrogens is 407 g/mol. The Balaban J connectivity index is 1.48. The van der Waals surface area contributed by atoms with E-state index in [1.165, 1.54) is 6.20 Å². The topological polar surface area (TPSA) is 54.5 Å². The van der Waals surface area contributed by atoms with Gasteiger partial charge in [0.15, 0.2) is 0 Å². The predicted octanol–water partition coefficient (Wildman–Crippen LogP) is 3.95. The highest BCUT2D eigenvalue weighted by Crippen LogP contribution is 2.46. The van der Waals surface area contributed by atoms with Gasteiger partial charge in [-0.15, -0.1) is 0 Å². The number of halogens is 3. The molecule has 1 saturated carbocycles. The van der Waals surface area contributed by atoms with Crippen molar-refractivity contribution >= 4 is 5.91 Å². The molecule has 0 radical (unpaired) electrons. The molecule has 31 heavy (non-hydrogen) atoms. The maximum atomic E-state index is 13.7. The first kappa shape index (κ1) is 22.5. The Morgan fingerprint density at radius 3 is 2.65 bits per heavy atom. The van der Waals surface area contributed by atoms with Crippen LogP contribution in [0.3, 0.4) is 0 Å². The fourth-order valence-electron chi connectivity index (χ4n) is 5.46. The third-order valence-corrected chi connectivity index (χ3v) is 7.45. The van der Waals surface area contributed by atoms with Crippen LogP contribution in [-0.2, 0) is 28.7 Å². The summed E-state index contributed by atoms with van der Waals surface area (Å²) in [7, 11) is 0. The molecule has 8 heteroatoms. The largest absolute Gasteiger partial charge is 0.433 e. The van der Waals surface area contributed by atoms with E-state index < -0.39 is 17.3 Å². The van der Waals surface area contributed by atoms with E-state index in [0.717, 1.165) is 56.9 Å². The Morgan fingerprint density at radius 2 is 1.97 bits per heavy atom. The molecule has 2 fully saturated rings. The number of amides is 1. The molecule has 1 unspecified atom stereocenters. The molecule has 2 aliphatic heterocycles. The highest BCUT2D eigenvalue weighted by atomic mass is 19.4. The van der Waals surface area contributed by atoms with Gasteiger partial charge in [-0.1, -0.05) is 13.8 Å². The van der Waals surface area contributed by atoms with Gasteiger partial charge in [-0.05, 0) is 61.6 Å². The highest BCUT2D eigenvalue weighted by molar-refractivity contribution is 5.83. The van der Waals surface area contributed by atoms with Crippen LogP contribution in [0.5, 0.6) is 0 Å². The van der Waals surface area contributed by atoms with Crippen molar-refractivity contribution in [3.8, 4) is 0 Å². The number of ether oxygens (including phenoxy) is 1. The quantitative estimate of drug-likeness (QED) is 0.772. The summed E-state index contributed by atoms with van der Waals surface area (Å²) in [6.45, 7) is 6.51. The number of alkyl halides is 3. The second-order valence-electron chi connectivity index (χ2n) is 9.62. The van der Waals surface area contributed by atoms with E-state index in [2.05, 4.69) is 24.1 Å². The van der Waals surface area contributed by atoms with Gasteiger partial charge in [-0.25, -0.2) is 0 Å². The van der Waals surface area contributed by atoms with E-state index in [1.807, 2.05) is 0 Å². The number of pyridine rings is 1. The molecule has 1 saturated heterocycles. The first-order chi connectivity index (χ1) is 14.7. The minimum Gasteiger partial charge on any atom is -0.381 e. The highest BCUT2D eigenvalue weighted by Gasteiger charge is 2.49. The molecule has 1 aliphatic carbocycles. The van der Waals surface area contributed by atoms with Crippen LogP contribution in [0.15, 0.2) is 12.3 Å². The van der Waals surface area contributed by atoms with Crippen molar-refractivity contribution in [3.63, 3.8) is 0 Å². The van der Waals surface area contributed by atoms with Gasteiger partial charge in [0, 0.05) is 44.6 Å². The summed E-state index contributed by atoms with van der Waals surface area (Å²) in [5.41, 5.74) is 0.0257.